The lowest BCUT2D eigenvalue weighted by Crippen LogP contribution is -2.16. The maximum Gasteiger partial charge on any atom is 0.225 e. The fraction of sp³-hybridized carbons (Fsp3) is 0.412. The third-order valence-electron chi connectivity index (χ3n) is 3.92. The van der Waals surface area contributed by atoms with Gasteiger partial charge in [-0.25, -0.2) is 9.37 Å². The average Bonchev–Trinajstić information content (AvgIpc) is 3.35. The second-order valence-electron chi connectivity index (χ2n) is 5.98. The highest BCUT2D eigenvalue weighted by molar-refractivity contribution is 6.31. The summed E-state index contributed by atoms with van der Waals surface area (Å²) >= 11 is 5.83. The number of nitrogens with one attached hydrogen (secondary N) is 2. The van der Waals surface area contributed by atoms with Gasteiger partial charge in [0.1, 0.15) is 11.6 Å². The third-order valence-corrected chi connectivity index (χ3v) is 4.21. The Morgan fingerprint density at radius 3 is 2.74 bits per heavy atom. The van der Waals surface area contributed by atoms with Crippen LogP contribution in [0, 0.1) is 5.82 Å². The van der Waals surface area contributed by atoms with Crippen molar-refractivity contribution in [1.29, 1.82) is 0 Å². The Morgan fingerprint density at radius 1 is 1.30 bits per heavy atom. The minimum Gasteiger partial charge on any atom is -0.352 e. The Balaban J connectivity index is 1.86. The summed E-state index contributed by atoms with van der Waals surface area (Å²) in [6.45, 7) is 4.21. The number of benzene rings is 1. The molecule has 1 heterocycles. The highest BCUT2D eigenvalue weighted by Crippen LogP contribution is 2.40. The van der Waals surface area contributed by atoms with Crippen LogP contribution in [0.15, 0.2) is 24.3 Å². The molecule has 0 bridgehead atoms. The van der Waals surface area contributed by atoms with E-state index in [1.165, 1.54) is 18.9 Å². The van der Waals surface area contributed by atoms with Crippen molar-refractivity contribution in [1.82, 2.24) is 9.97 Å². The normalized spacial score (nSPS) is 15.3. The van der Waals surface area contributed by atoms with E-state index in [0.29, 0.717) is 29.4 Å². The van der Waals surface area contributed by atoms with E-state index in [9.17, 15) is 4.39 Å². The number of hydrogen-bond donors (Lipinski definition) is 2. The number of hydrogen-bond acceptors (Lipinski definition) is 4. The van der Waals surface area contributed by atoms with Gasteiger partial charge < -0.3 is 10.6 Å². The standard InChI is InChI=1S/C17H20ClFN4/c1-3-10(2)20-17-22-15(11-4-5-11)9-16(23-17)21-12-6-7-14(19)13(18)8-12/h6-11H,3-5H2,1-2H3,(H2,20,21,22,23)/t10-/m1/s1. The van der Waals surface area contributed by atoms with Crippen molar-refractivity contribution in [2.45, 2.75) is 45.1 Å². The Morgan fingerprint density at radius 2 is 2.09 bits per heavy atom. The molecular weight excluding hydrogens is 315 g/mol. The summed E-state index contributed by atoms with van der Waals surface area (Å²) in [4.78, 5) is 9.12. The van der Waals surface area contributed by atoms with Crippen LogP contribution in [-0.4, -0.2) is 16.0 Å². The zero-order chi connectivity index (χ0) is 16.4. The van der Waals surface area contributed by atoms with E-state index >= 15 is 0 Å². The molecule has 0 saturated heterocycles. The molecule has 1 atom stereocenters. The van der Waals surface area contributed by atoms with E-state index in [1.807, 2.05) is 6.07 Å². The number of rotatable bonds is 6. The molecule has 4 nitrogen and oxygen atoms in total. The van der Waals surface area contributed by atoms with Crippen LogP contribution in [0.5, 0.6) is 0 Å². The molecule has 1 aliphatic carbocycles. The van der Waals surface area contributed by atoms with E-state index in [2.05, 4.69) is 34.4 Å². The summed E-state index contributed by atoms with van der Waals surface area (Å²) in [5, 5.41) is 6.58. The van der Waals surface area contributed by atoms with Gasteiger partial charge in [-0.3, -0.25) is 0 Å². The smallest absolute Gasteiger partial charge is 0.225 e. The van der Waals surface area contributed by atoms with Crippen molar-refractivity contribution in [3.63, 3.8) is 0 Å². The van der Waals surface area contributed by atoms with Crippen molar-refractivity contribution in [3.05, 3.63) is 40.8 Å². The summed E-state index contributed by atoms with van der Waals surface area (Å²) in [7, 11) is 0. The summed E-state index contributed by atoms with van der Waals surface area (Å²) in [6.07, 6.45) is 3.33. The van der Waals surface area contributed by atoms with Gasteiger partial charge in [0.05, 0.1) is 10.7 Å². The van der Waals surface area contributed by atoms with Crippen molar-refractivity contribution >= 4 is 29.1 Å². The zero-order valence-electron chi connectivity index (χ0n) is 13.2. The van der Waals surface area contributed by atoms with E-state index in [-0.39, 0.29) is 5.02 Å². The van der Waals surface area contributed by atoms with Crippen molar-refractivity contribution in [3.8, 4) is 0 Å². The molecule has 1 aromatic heterocycles. The molecule has 0 aliphatic heterocycles. The molecule has 1 aromatic carbocycles. The molecule has 0 unspecified atom stereocenters. The van der Waals surface area contributed by atoms with E-state index in [4.69, 9.17) is 11.6 Å². The van der Waals surface area contributed by atoms with E-state index in [1.54, 1.807) is 12.1 Å². The van der Waals surface area contributed by atoms with Crippen LogP contribution in [-0.2, 0) is 0 Å². The molecule has 6 heteroatoms. The van der Waals surface area contributed by atoms with Gasteiger partial charge >= 0.3 is 0 Å². The second-order valence-corrected chi connectivity index (χ2v) is 6.39. The molecule has 1 saturated carbocycles. The first-order valence-corrected chi connectivity index (χ1v) is 8.30. The SMILES string of the molecule is CC[C@@H](C)Nc1nc(Nc2ccc(F)c(Cl)c2)cc(C2CC2)n1. The molecule has 23 heavy (non-hydrogen) atoms. The van der Waals surface area contributed by atoms with Gasteiger partial charge in [-0.1, -0.05) is 18.5 Å². The average molecular weight is 335 g/mol. The van der Waals surface area contributed by atoms with Crippen LogP contribution in [0.4, 0.5) is 21.8 Å². The van der Waals surface area contributed by atoms with Gasteiger partial charge in [-0.05, 0) is 44.4 Å². The molecule has 2 N–H and O–H groups in total. The first-order chi connectivity index (χ1) is 11.0. The highest BCUT2D eigenvalue weighted by atomic mass is 35.5. The number of aromatic nitrogens is 2. The molecule has 122 valence electrons. The van der Waals surface area contributed by atoms with Crippen LogP contribution in [0.2, 0.25) is 5.02 Å². The topological polar surface area (TPSA) is 49.8 Å². The van der Waals surface area contributed by atoms with Crippen molar-refractivity contribution in [2.24, 2.45) is 0 Å². The van der Waals surface area contributed by atoms with Gasteiger partial charge in [0.25, 0.3) is 0 Å². The number of nitrogens with zero attached hydrogens (tertiary/aromatic N) is 2. The Hall–Kier alpha value is -1.88. The molecule has 0 amide bonds. The lowest BCUT2D eigenvalue weighted by atomic mass is 10.2. The van der Waals surface area contributed by atoms with Gasteiger partial charge in [0.2, 0.25) is 5.95 Å². The Labute approximate surface area is 140 Å². The maximum absolute atomic E-state index is 13.3. The second kappa shape index (κ2) is 6.71. The van der Waals surface area contributed by atoms with Crippen LogP contribution in [0.25, 0.3) is 0 Å². The summed E-state index contributed by atoms with van der Waals surface area (Å²) in [5.74, 6) is 1.40. The first-order valence-electron chi connectivity index (χ1n) is 7.92. The van der Waals surface area contributed by atoms with E-state index in [0.717, 1.165) is 12.1 Å². The lowest BCUT2D eigenvalue weighted by molar-refractivity contribution is 0.628. The van der Waals surface area contributed by atoms with Crippen molar-refractivity contribution in [2.75, 3.05) is 10.6 Å². The van der Waals surface area contributed by atoms with Gasteiger partial charge in [-0.15, -0.1) is 0 Å². The third kappa shape index (κ3) is 4.10. The lowest BCUT2D eigenvalue weighted by Gasteiger charge is -2.14. The molecule has 0 spiro atoms. The van der Waals surface area contributed by atoms with Crippen molar-refractivity contribution < 1.29 is 4.39 Å². The molecule has 3 rings (SSSR count). The Bertz CT molecular complexity index is 703. The van der Waals surface area contributed by atoms with E-state index < -0.39 is 5.82 Å². The minimum absolute atomic E-state index is 0.0874. The maximum atomic E-state index is 13.3. The number of halogens is 2. The number of anilines is 3. The monoisotopic (exact) mass is 334 g/mol. The minimum atomic E-state index is -0.433. The largest absolute Gasteiger partial charge is 0.352 e. The van der Waals surface area contributed by atoms with Crippen LogP contribution in [0.3, 0.4) is 0 Å². The molecule has 2 aromatic rings. The fourth-order valence-corrected chi connectivity index (χ4v) is 2.41. The zero-order valence-corrected chi connectivity index (χ0v) is 14.0. The summed E-state index contributed by atoms with van der Waals surface area (Å²) < 4.78 is 13.3. The summed E-state index contributed by atoms with van der Waals surface area (Å²) in [5.41, 5.74) is 1.74. The predicted molar refractivity (Wildman–Crippen MR) is 92.1 cm³/mol. The summed E-state index contributed by atoms with van der Waals surface area (Å²) in [6, 6.07) is 6.79. The van der Waals surface area contributed by atoms with Crippen LogP contribution >= 0.6 is 11.6 Å². The molecule has 0 radical (unpaired) electrons. The van der Waals surface area contributed by atoms with Gasteiger partial charge in [0.15, 0.2) is 0 Å². The fourth-order valence-electron chi connectivity index (χ4n) is 2.23. The Kier molecular flexibility index (Phi) is 4.66. The first kappa shape index (κ1) is 16.0. The van der Waals surface area contributed by atoms with Crippen LogP contribution < -0.4 is 10.6 Å². The molecule has 1 aliphatic rings. The molecular formula is C17H20ClFN4. The van der Waals surface area contributed by atoms with Gasteiger partial charge in [-0.2, -0.15) is 4.98 Å². The van der Waals surface area contributed by atoms with Crippen LogP contribution in [0.1, 0.15) is 44.7 Å². The van der Waals surface area contributed by atoms with Gasteiger partial charge in [0, 0.05) is 23.7 Å². The predicted octanol–water partition coefficient (Wildman–Crippen LogP) is 5.10. The highest BCUT2D eigenvalue weighted by Gasteiger charge is 2.26. The molecule has 1 fully saturated rings. The quantitative estimate of drug-likeness (QED) is 0.771.